The fourth-order valence-electron chi connectivity index (χ4n) is 4.59. The third kappa shape index (κ3) is 6.54. The summed E-state index contributed by atoms with van der Waals surface area (Å²) in [4.78, 5) is 18.8. The number of amides is 2. The molecule has 190 valence electrons. The van der Waals surface area contributed by atoms with E-state index in [-0.39, 0.29) is 18.3 Å². The largest absolute Gasteiger partial charge is 0.416 e. The molecule has 0 saturated carbocycles. The van der Waals surface area contributed by atoms with Crippen LogP contribution in [0.5, 0.6) is 0 Å². The molecule has 2 fully saturated rings. The topological polar surface area (TPSA) is 56.3 Å². The van der Waals surface area contributed by atoms with Crippen LogP contribution < -0.4 is 4.90 Å². The van der Waals surface area contributed by atoms with Gasteiger partial charge in [0.15, 0.2) is 0 Å². The van der Waals surface area contributed by atoms with Crippen molar-refractivity contribution < 1.29 is 27.8 Å². The summed E-state index contributed by atoms with van der Waals surface area (Å²) in [5.74, 6) is 0. The van der Waals surface area contributed by atoms with Gasteiger partial charge in [-0.3, -0.25) is 9.80 Å². The van der Waals surface area contributed by atoms with E-state index in [0.717, 1.165) is 23.3 Å². The maximum absolute atomic E-state index is 13.6. The van der Waals surface area contributed by atoms with Crippen molar-refractivity contribution in [3.8, 4) is 0 Å². The van der Waals surface area contributed by atoms with Crippen LogP contribution in [0.25, 0.3) is 0 Å². The zero-order valence-electron chi connectivity index (χ0n) is 19.9. The molecule has 0 aliphatic carbocycles. The van der Waals surface area contributed by atoms with Gasteiger partial charge in [-0.05, 0) is 30.7 Å². The number of aliphatic hydroxyl groups is 1. The number of alkyl halides is 3. The van der Waals surface area contributed by atoms with Crippen molar-refractivity contribution in [1.82, 2.24) is 9.80 Å². The van der Waals surface area contributed by atoms with Crippen LogP contribution in [0.15, 0.2) is 48.5 Å². The predicted octanol–water partition coefficient (Wildman–Crippen LogP) is 4.30. The molecule has 0 spiro atoms. The molecule has 2 aromatic rings. The van der Waals surface area contributed by atoms with Crippen molar-refractivity contribution in [2.45, 2.75) is 38.1 Å². The monoisotopic (exact) mass is 491 g/mol. The highest BCUT2D eigenvalue weighted by molar-refractivity contribution is 5.92. The number of nitrogens with zero attached hydrogens (tertiary/aromatic N) is 3. The minimum atomic E-state index is -4.50. The van der Waals surface area contributed by atoms with Gasteiger partial charge in [-0.2, -0.15) is 13.2 Å². The fourth-order valence-corrected chi connectivity index (χ4v) is 4.59. The van der Waals surface area contributed by atoms with E-state index in [1.54, 1.807) is 4.90 Å². The van der Waals surface area contributed by atoms with Crippen LogP contribution >= 0.6 is 0 Å². The highest BCUT2D eigenvalue weighted by Crippen LogP contribution is 2.32. The fraction of sp³-hybridized carbons (Fsp3) is 0.500. The third-order valence-corrected chi connectivity index (χ3v) is 6.76. The van der Waals surface area contributed by atoms with Crippen molar-refractivity contribution in [3.05, 3.63) is 65.2 Å². The van der Waals surface area contributed by atoms with E-state index in [4.69, 9.17) is 4.74 Å². The molecule has 2 saturated heterocycles. The average Bonchev–Trinajstić information content (AvgIpc) is 2.83. The van der Waals surface area contributed by atoms with Gasteiger partial charge in [0.05, 0.1) is 17.7 Å². The lowest BCUT2D eigenvalue weighted by Crippen LogP contribution is -2.56. The number of hydrogen-bond acceptors (Lipinski definition) is 4. The highest BCUT2D eigenvalue weighted by Gasteiger charge is 2.35. The number of halogens is 3. The molecule has 2 aliphatic heterocycles. The molecule has 0 bridgehead atoms. The molecule has 1 N–H and O–H groups in total. The summed E-state index contributed by atoms with van der Waals surface area (Å²) < 4.78 is 45.5. The number of carbonyl (C=O) groups excluding carboxylic acids is 1. The smallest absolute Gasteiger partial charge is 0.388 e. The van der Waals surface area contributed by atoms with Crippen molar-refractivity contribution >= 4 is 11.7 Å². The standard InChI is InChI=1S/C26H32F3N3O3/c1-20-5-7-21(8-6-20)18-32(23-4-2-3-22(17-23)26(27,28)29)24(33)31-13-11-30(12-14-31)19-25(34)9-15-35-16-10-25/h2-8,17,34H,9-16,18-19H2,1H3. The number of benzene rings is 2. The summed E-state index contributed by atoms with van der Waals surface area (Å²) in [5.41, 5.74) is 0.547. The Labute approximate surface area is 203 Å². The molecule has 2 amide bonds. The van der Waals surface area contributed by atoms with Crippen LogP contribution in [-0.4, -0.2) is 72.5 Å². The highest BCUT2D eigenvalue weighted by atomic mass is 19.4. The van der Waals surface area contributed by atoms with Crippen LogP contribution in [0.3, 0.4) is 0 Å². The second-order valence-corrected chi connectivity index (χ2v) is 9.50. The lowest BCUT2D eigenvalue weighted by Gasteiger charge is -2.41. The van der Waals surface area contributed by atoms with E-state index in [1.165, 1.54) is 17.0 Å². The second kappa shape index (κ2) is 10.6. The SMILES string of the molecule is Cc1ccc(CN(C(=O)N2CCN(CC3(O)CCOCC3)CC2)c2cccc(C(F)(F)F)c2)cc1. The number of carbonyl (C=O) groups is 1. The Bertz CT molecular complexity index is 999. The van der Waals surface area contributed by atoms with Crippen LogP contribution in [0, 0.1) is 6.92 Å². The Balaban J connectivity index is 1.49. The second-order valence-electron chi connectivity index (χ2n) is 9.50. The van der Waals surface area contributed by atoms with Gasteiger partial charge >= 0.3 is 12.2 Å². The summed E-state index contributed by atoms with van der Waals surface area (Å²) in [6, 6.07) is 12.2. The van der Waals surface area contributed by atoms with E-state index in [0.29, 0.717) is 58.8 Å². The normalized spacial score (nSPS) is 18.9. The minimum Gasteiger partial charge on any atom is -0.388 e. The number of β-amino-alcohol motifs (C(OH)–C–C–N with tert-alkyl or cyclic N) is 1. The first-order valence-corrected chi connectivity index (χ1v) is 11.9. The molecule has 4 rings (SSSR count). The van der Waals surface area contributed by atoms with E-state index < -0.39 is 17.3 Å². The number of ether oxygens (including phenoxy) is 1. The molecule has 2 heterocycles. The molecular weight excluding hydrogens is 459 g/mol. The Kier molecular flexibility index (Phi) is 7.68. The zero-order valence-corrected chi connectivity index (χ0v) is 19.9. The Morgan fingerprint density at radius 2 is 1.71 bits per heavy atom. The van der Waals surface area contributed by atoms with Crippen molar-refractivity contribution in [3.63, 3.8) is 0 Å². The minimum absolute atomic E-state index is 0.167. The first-order valence-electron chi connectivity index (χ1n) is 11.9. The van der Waals surface area contributed by atoms with E-state index in [9.17, 15) is 23.1 Å². The van der Waals surface area contributed by atoms with Gasteiger partial charge in [0.1, 0.15) is 0 Å². The van der Waals surface area contributed by atoms with Crippen LogP contribution in [0.1, 0.15) is 29.5 Å². The summed E-state index contributed by atoms with van der Waals surface area (Å²) in [6.07, 6.45) is -3.32. The van der Waals surface area contributed by atoms with E-state index in [2.05, 4.69) is 4.90 Å². The molecule has 2 aliphatic rings. The number of hydrogen-bond donors (Lipinski definition) is 1. The van der Waals surface area contributed by atoms with Gasteiger partial charge < -0.3 is 14.7 Å². The van der Waals surface area contributed by atoms with Gasteiger partial charge in [0.25, 0.3) is 0 Å². The Morgan fingerprint density at radius 3 is 2.34 bits per heavy atom. The molecule has 0 radical (unpaired) electrons. The molecular formula is C26H32F3N3O3. The number of rotatable bonds is 5. The number of piperazine rings is 1. The quantitative estimate of drug-likeness (QED) is 0.678. The Hall–Kier alpha value is -2.62. The van der Waals surface area contributed by atoms with E-state index >= 15 is 0 Å². The molecule has 0 atom stereocenters. The van der Waals surface area contributed by atoms with Gasteiger partial charge in [0.2, 0.25) is 0 Å². The first-order chi connectivity index (χ1) is 16.6. The zero-order chi connectivity index (χ0) is 25.1. The first kappa shape index (κ1) is 25.5. The number of aryl methyl sites for hydroxylation is 1. The summed E-state index contributed by atoms with van der Waals surface area (Å²) in [7, 11) is 0. The van der Waals surface area contributed by atoms with Gasteiger partial charge in [-0.1, -0.05) is 35.9 Å². The maximum Gasteiger partial charge on any atom is 0.416 e. The predicted molar refractivity (Wildman–Crippen MR) is 127 cm³/mol. The van der Waals surface area contributed by atoms with Crippen molar-refractivity contribution in [2.75, 3.05) is 50.8 Å². The van der Waals surface area contributed by atoms with Crippen LogP contribution in [-0.2, 0) is 17.5 Å². The van der Waals surface area contributed by atoms with Crippen LogP contribution in [0.4, 0.5) is 23.7 Å². The third-order valence-electron chi connectivity index (χ3n) is 6.76. The number of anilines is 1. The summed E-state index contributed by atoms with van der Waals surface area (Å²) >= 11 is 0. The molecule has 9 heteroatoms. The maximum atomic E-state index is 13.6. The summed E-state index contributed by atoms with van der Waals surface area (Å²) in [6.45, 7) is 5.80. The molecule has 6 nitrogen and oxygen atoms in total. The summed E-state index contributed by atoms with van der Waals surface area (Å²) in [5, 5.41) is 10.8. The van der Waals surface area contributed by atoms with Gasteiger partial charge in [-0.15, -0.1) is 0 Å². The molecule has 35 heavy (non-hydrogen) atoms. The Morgan fingerprint density at radius 1 is 1.06 bits per heavy atom. The molecule has 2 aromatic carbocycles. The lowest BCUT2D eigenvalue weighted by molar-refractivity contribution is -0.137. The van der Waals surface area contributed by atoms with Gasteiger partial charge in [0, 0.05) is 64.5 Å². The van der Waals surface area contributed by atoms with E-state index in [1.807, 2.05) is 31.2 Å². The lowest BCUT2D eigenvalue weighted by atomic mass is 9.93. The molecule has 0 unspecified atom stereocenters. The molecule has 0 aromatic heterocycles. The average molecular weight is 492 g/mol. The number of urea groups is 1. The van der Waals surface area contributed by atoms with Crippen molar-refractivity contribution in [2.24, 2.45) is 0 Å². The van der Waals surface area contributed by atoms with Crippen molar-refractivity contribution in [1.29, 1.82) is 0 Å². The van der Waals surface area contributed by atoms with Crippen LogP contribution in [0.2, 0.25) is 0 Å². The van der Waals surface area contributed by atoms with Gasteiger partial charge in [-0.25, -0.2) is 4.79 Å².